The maximum Gasteiger partial charge on any atom is 0.191 e. The molecular formula is C16H28IN3O2S. The molecule has 0 saturated heterocycles. The molecule has 0 atom stereocenters. The van der Waals surface area contributed by atoms with Crippen LogP contribution >= 0.6 is 35.7 Å². The average molecular weight is 453 g/mol. The lowest BCUT2D eigenvalue weighted by Crippen LogP contribution is -2.43. The summed E-state index contributed by atoms with van der Waals surface area (Å²) in [5.74, 6) is 1.39. The minimum atomic E-state index is 0. The molecule has 0 aliphatic rings. The second kappa shape index (κ2) is 10.9. The van der Waals surface area contributed by atoms with Gasteiger partial charge in [-0.05, 0) is 44.7 Å². The van der Waals surface area contributed by atoms with Gasteiger partial charge in [-0.25, -0.2) is 4.99 Å². The molecule has 0 aliphatic carbocycles. The molecule has 0 heterocycles. The number of thioether (sulfide) groups is 1. The fraction of sp³-hybridized carbons (Fsp3) is 0.562. The van der Waals surface area contributed by atoms with Crippen molar-refractivity contribution in [1.82, 2.24) is 10.6 Å². The SMILES string of the molecule is CCNC(=NCc1ccc(OC)c(O)c1)NCC(C)(C)SC.I. The summed E-state index contributed by atoms with van der Waals surface area (Å²) in [6.07, 6.45) is 2.10. The minimum Gasteiger partial charge on any atom is -0.504 e. The Balaban J connectivity index is 0.00000484. The molecule has 1 aromatic carbocycles. The van der Waals surface area contributed by atoms with Crippen LogP contribution in [0.3, 0.4) is 0 Å². The number of methoxy groups -OCH3 is 1. The van der Waals surface area contributed by atoms with E-state index in [0.29, 0.717) is 12.3 Å². The Morgan fingerprint density at radius 1 is 1.35 bits per heavy atom. The summed E-state index contributed by atoms with van der Waals surface area (Å²) in [6.45, 7) is 8.54. The van der Waals surface area contributed by atoms with Gasteiger partial charge < -0.3 is 20.5 Å². The van der Waals surface area contributed by atoms with E-state index in [4.69, 9.17) is 4.74 Å². The molecule has 23 heavy (non-hydrogen) atoms. The maximum absolute atomic E-state index is 9.79. The highest BCUT2D eigenvalue weighted by Crippen LogP contribution is 2.26. The van der Waals surface area contributed by atoms with Gasteiger partial charge in [0.25, 0.3) is 0 Å². The normalized spacial score (nSPS) is 11.6. The number of ether oxygens (including phenoxy) is 1. The number of aromatic hydroxyl groups is 1. The third kappa shape index (κ3) is 8.01. The van der Waals surface area contributed by atoms with Crippen molar-refractivity contribution in [2.24, 2.45) is 4.99 Å². The third-order valence-electron chi connectivity index (χ3n) is 3.24. The standard InChI is InChI=1S/C16H27N3O2S.HI/c1-6-17-15(19-11-16(2,3)22-5)18-10-12-7-8-14(21-4)13(20)9-12;/h7-9,20H,6,10-11H2,1-5H3,(H2,17,18,19);1H. The fourth-order valence-electron chi connectivity index (χ4n) is 1.71. The fourth-order valence-corrected chi connectivity index (χ4v) is 1.93. The number of nitrogens with zero attached hydrogens (tertiary/aromatic N) is 1. The Morgan fingerprint density at radius 3 is 2.57 bits per heavy atom. The van der Waals surface area contributed by atoms with Gasteiger partial charge >= 0.3 is 0 Å². The Bertz CT molecular complexity index is 510. The number of rotatable bonds is 7. The third-order valence-corrected chi connectivity index (χ3v) is 4.49. The first kappa shape index (κ1) is 22.2. The van der Waals surface area contributed by atoms with Gasteiger partial charge in [0.05, 0.1) is 13.7 Å². The zero-order chi connectivity index (χ0) is 16.6. The molecule has 0 aliphatic heterocycles. The van der Waals surface area contributed by atoms with Gasteiger partial charge in [0.2, 0.25) is 0 Å². The molecule has 0 spiro atoms. The summed E-state index contributed by atoms with van der Waals surface area (Å²) in [4.78, 5) is 4.55. The maximum atomic E-state index is 9.79. The highest BCUT2D eigenvalue weighted by Gasteiger charge is 2.16. The Morgan fingerprint density at radius 2 is 2.04 bits per heavy atom. The van der Waals surface area contributed by atoms with Crippen LogP contribution in [0.15, 0.2) is 23.2 Å². The molecule has 0 amide bonds. The molecule has 0 bridgehead atoms. The summed E-state index contributed by atoms with van der Waals surface area (Å²) in [5.41, 5.74) is 0.930. The van der Waals surface area contributed by atoms with Crippen LogP contribution in [0.1, 0.15) is 26.3 Å². The summed E-state index contributed by atoms with van der Waals surface area (Å²) >= 11 is 1.82. The Labute approximate surface area is 160 Å². The van der Waals surface area contributed by atoms with Crippen molar-refractivity contribution in [3.05, 3.63) is 23.8 Å². The topological polar surface area (TPSA) is 65.9 Å². The summed E-state index contributed by atoms with van der Waals surface area (Å²) < 4.78 is 5.19. The molecule has 0 radical (unpaired) electrons. The zero-order valence-electron chi connectivity index (χ0n) is 14.5. The van der Waals surface area contributed by atoms with Crippen LogP contribution in [-0.2, 0) is 6.54 Å². The number of benzene rings is 1. The minimum absolute atomic E-state index is 0. The van der Waals surface area contributed by atoms with E-state index >= 15 is 0 Å². The van der Waals surface area contributed by atoms with Crippen LogP contribution in [0.2, 0.25) is 0 Å². The molecule has 0 unspecified atom stereocenters. The predicted octanol–water partition coefficient (Wildman–Crippen LogP) is 3.22. The number of aliphatic imine (C=N–C) groups is 1. The van der Waals surface area contributed by atoms with Gasteiger partial charge in [0, 0.05) is 17.8 Å². The second-order valence-electron chi connectivity index (χ2n) is 5.52. The lowest BCUT2D eigenvalue weighted by Gasteiger charge is -2.23. The number of phenols is 1. The number of halogens is 1. The molecule has 3 N–H and O–H groups in total. The molecule has 1 aromatic rings. The van der Waals surface area contributed by atoms with E-state index in [-0.39, 0.29) is 34.5 Å². The molecule has 1 rings (SSSR count). The largest absolute Gasteiger partial charge is 0.504 e. The first-order valence-electron chi connectivity index (χ1n) is 7.35. The van der Waals surface area contributed by atoms with Gasteiger partial charge in [-0.15, -0.1) is 24.0 Å². The smallest absolute Gasteiger partial charge is 0.191 e. The molecule has 0 fully saturated rings. The van der Waals surface area contributed by atoms with Crippen molar-refractivity contribution < 1.29 is 9.84 Å². The summed E-state index contributed by atoms with van der Waals surface area (Å²) in [6, 6.07) is 5.33. The number of hydrogen-bond donors (Lipinski definition) is 3. The van der Waals surface area contributed by atoms with Gasteiger partial charge in [0.15, 0.2) is 17.5 Å². The van der Waals surface area contributed by atoms with Crippen molar-refractivity contribution in [2.75, 3.05) is 26.5 Å². The van der Waals surface area contributed by atoms with Crippen LogP contribution in [-0.4, -0.2) is 42.3 Å². The van der Waals surface area contributed by atoms with E-state index in [0.717, 1.165) is 24.6 Å². The molecule has 5 nitrogen and oxygen atoms in total. The van der Waals surface area contributed by atoms with Gasteiger partial charge in [-0.2, -0.15) is 11.8 Å². The Hall–Kier alpha value is -0.830. The van der Waals surface area contributed by atoms with Crippen molar-refractivity contribution in [3.8, 4) is 11.5 Å². The van der Waals surface area contributed by atoms with E-state index < -0.39 is 0 Å². The number of nitrogens with one attached hydrogen (secondary N) is 2. The zero-order valence-corrected chi connectivity index (χ0v) is 17.6. The molecular weight excluding hydrogens is 425 g/mol. The number of hydrogen-bond acceptors (Lipinski definition) is 4. The molecule has 0 saturated carbocycles. The van der Waals surface area contributed by atoms with E-state index in [2.05, 4.69) is 35.7 Å². The van der Waals surface area contributed by atoms with Crippen LogP contribution in [0, 0.1) is 0 Å². The first-order chi connectivity index (χ1) is 10.4. The summed E-state index contributed by atoms with van der Waals surface area (Å²) in [5, 5.41) is 16.4. The molecule has 0 aromatic heterocycles. The monoisotopic (exact) mass is 453 g/mol. The van der Waals surface area contributed by atoms with Crippen LogP contribution in [0.5, 0.6) is 11.5 Å². The van der Waals surface area contributed by atoms with Gasteiger partial charge in [0.1, 0.15) is 0 Å². The molecule has 132 valence electrons. The second-order valence-corrected chi connectivity index (χ2v) is 7.03. The van der Waals surface area contributed by atoms with Crippen molar-refractivity contribution in [3.63, 3.8) is 0 Å². The van der Waals surface area contributed by atoms with E-state index in [1.54, 1.807) is 12.1 Å². The van der Waals surface area contributed by atoms with Crippen LogP contribution < -0.4 is 15.4 Å². The van der Waals surface area contributed by atoms with Gasteiger partial charge in [-0.3, -0.25) is 0 Å². The highest BCUT2D eigenvalue weighted by atomic mass is 127. The average Bonchev–Trinajstić information content (AvgIpc) is 2.50. The van der Waals surface area contributed by atoms with E-state index in [1.165, 1.54) is 7.11 Å². The van der Waals surface area contributed by atoms with E-state index in [1.807, 2.05) is 24.8 Å². The number of phenolic OH excluding ortho intramolecular Hbond substituents is 1. The lowest BCUT2D eigenvalue weighted by atomic mass is 10.2. The van der Waals surface area contributed by atoms with Crippen LogP contribution in [0.4, 0.5) is 0 Å². The summed E-state index contributed by atoms with van der Waals surface area (Å²) in [7, 11) is 1.54. The molecule has 7 heteroatoms. The predicted molar refractivity (Wildman–Crippen MR) is 110 cm³/mol. The van der Waals surface area contributed by atoms with Crippen molar-refractivity contribution in [1.29, 1.82) is 0 Å². The first-order valence-corrected chi connectivity index (χ1v) is 8.57. The Kier molecular flexibility index (Phi) is 10.5. The van der Waals surface area contributed by atoms with E-state index in [9.17, 15) is 5.11 Å². The van der Waals surface area contributed by atoms with Crippen LogP contribution in [0.25, 0.3) is 0 Å². The van der Waals surface area contributed by atoms with Crippen molar-refractivity contribution >= 4 is 41.7 Å². The quantitative estimate of drug-likeness (QED) is 0.336. The van der Waals surface area contributed by atoms with Crippen molar-refractivity contribution in [2.45, 2.75) is 32.1 Å². The number of guanidine groups is 1. The van der Waals surface area contributed by atoms with Gasteiger partial charge in [-0.1, -0.05) is 6.07 Å². The lowest BCUT2D eigenvalue weighted by molar-refractivity contribution is 0.373. The highest BCUT2D eigenvalue weighted by molar-refractivity contribution is 14.0.